The van der Waals surface area contributed by atoms with Gasteiger partial charge in [0.25, 0.3) is 0 Å². The van der Waals surface area contributed by atoms with E-state index in [1.165, 1.54) is 43.9 Å². The predicted octanol–water partition coefficient (Wildman–Crippen LogP) is 4.10. The Bertz CT molecular complexity index is 688. The van der Waals surface area contributed by atoms with Gasteiger partial charge in [-0.25, -0.2) is 0 Å². The molecule has 0 radical (unpaired) electrons. The normalized spacial score (nSPS) is 17.7. The van der Waals surface area contributed by atoms with Crippen LogP contribution in [0.1, 0.15) is 47.0 Å². The van der Waals surface area contributed by atoms with Gasteiger partial charge in [-0.2, -0.15) is 0 Å². The van der Waals surface area contributed by atoms with Crippen LogP contribution >= 0.6 is 0 Å². The lowest BCUT2D eigenvalue weighted by molar-refractivity contribution is -0.156. The molecule has 5 heteroatoms. The van der Waals surface area contributed by atoms with Crippen LogP contribution < -0.4 is 0 Å². The molecule has 0 bridgehead atoms. The maximum Gasteiger partial charge on any atom is 0.324 e. The summed E-state index contributed by atoms with van der Waals surface area (Å²) in [6.07, 6.45) is 11.2. The van der Waals surface area contributed by atoms with Crippen LogP contribution in [-0.4, -0.2) is 31.9 Å². The molecule has 1 aliphatic carbocycles. The molecule has 0 aliphatic heterocycles. The van der Waals surface area contributed by atoms with Crippen molar-refractivity contribution in [1.29, 1.82) is 0 Å². The summed E-state index contributed by atoms with van der Waals surface area (Å²) < 4.78 is 9.21. The number of rotatable bonds is 7. The largest absolute Gasteiger partial charge is 0.468 e. The third-order valence-electron chi connectivity index (χ3n) is 4.81. The van der Waals surface area contributed by atoms with Crippen molar-refractivity contribution in [2.45, 2.75) is 47.0 Å². The van der Waals surface area contributed by atoms with Gasteiger partial charge in [0, 0.05) is 0 Å². The second kappa shape index (κ2) is 10.0. The molecule has 0 unspecified atom stereocenters. The number of hydrogen-bond acceptors (Lipinski definition) is 5. The SMILES string of the molecule is COC(=O)C(/C=C(C)/C=C/C(=O)/C=C/C1=C(C)CCCC1(C)C)C(=O)OC. The van der Waals surface area contributed by atoms with Crippen LogP contribution in [0.15, 0.2) is 47.1 Å². The highest BCUT2D eigenvalue weighted by molar-refractivity contribution is 6.00. The average Bonchev–Trinajstić information content (AvgIpc) is 2.62. The van der Waals surface area contributed by atoms with Gasteiger partial charge in [0.05, 0.1) is 14.2 Å². The predicted molar refractivity (Wildman–Crippen MR) is 105 cm³/mol. The third kappa shape index (κ3) is 6.66. The van der Waals surface area contributed by atoms with E-state index < -0.39 is 17.9 Å². The summed E-state index contributed by atoms with van der Waals surface area (Å²) in [6.45, 7) is 8.21. The molecule has 0 aromatic heterocycles. The molecule has 1 rings (SSSR count). The minimum Gasteiger partial charge on any atom is -0.468 e. The number of ether oxygens (including phenoxy) is 2. The number of esters is 2. The van der Waals surface area contributed by atoms with Crippen molar-refractivity contribution in [2.75, 3.05) is 14.2 Å². The van der Waals surface area contributed by atoms with Gasteiger partial charge in [-0.15, -0.1) is 0 Å². The van der Waals surface area contributed by atoms with Gasteiger partial charge in [-0.05, 0) is 56.3 Å². The lowest BCUT2D eigenvalue weighted by Crippen LogP contribution is -2.24. The number of methoxy groups -OCH3 is 2. The number of hydrogen-bond donors (Lipinski definition) is 0. The zero-order chi connectivity index (χ0) is 20.6. The number of carbonyl (C=O) groups is 3. The first-order valence-electron chi connectivity index (χ1n) is 9.06. The smallest absolute Gasteiger partial charge is 0.324 e. The maximum absolute atomic E-state index is 12.2. The van der Waals surface area contributed by atoms with E-state index in [9.17, 15) is 14.4 Å². The van der Waals surface area contributed by atoms with Gasteiger partial charge < -0.3 is 9.47 Å². The molecule has 0 heterocycles. The summed E-state index contributed by atoms with van der Waals surface area (Å²) in [4.78, 5) is 35.5. The summed E-state index contributed by atoms with van der Waals surface area (Å²) in [7, 11) is 2.41. The molecule has 0 aromatic carbocycles. The molecule has 0 amide bonds. The molecule has 0 saturated carbocycles. The average molecular weight is 374 g/mol. The van der Waals surface area contributed by atoms with Gasteiger partial charge in [0.15, 0.2) is 11.7 Å². The number of allylic oxidation sites excluding steroid dienone is 7. The monoisotopic (exact) mass is 374 g/mol. The highest BCUT2D eigenvalue weighted by atomic mass is 16.5. The van der Waals surface area contributed by atoms with Crippen LogP contribution in [0.4, 0.5) is 0 Å². The minimum absolute atomic E-state index is 0.0763. The quantitative estimate of drug-likeness (QED) is 0.290. The fourth-order valence-corrected chi connectivity index (χ4v) is 3.25. The van der Waals surface area contributed by atoms with E-state index >= 15 is 0 Å². The van der Waals surface area contributed by atoms with Gasteiger partial charge in [-0.3, -0.25) is 14.4 Å². The Balaban J connectivity index is 2.87. The molecular formula is C22H30O5. The third-order valence-corrected chi connectivity index (χ3v) is 4.81. The minimum atomic E-state index is -1.15. The van der Waals surface area contributed by atoms with E-state index in [1.54, 1.807) is 19.1 Å². The van der Waals surface area contributed by atoms with Gasteiger partial charge >= 0.3 is 11.9 Å². The number of carbonyl (C=O) groups excluding carboxylic acids is 3. The lowest BCUT2D eigenvalue weighted by Gasteiger charge is -2.32. The van der Waals surface area contributed by atoms with Crippen molar-refractivity contribution in [2.24, 2.45) is 11.3 Å². The molecule has 148 valence electrons. The van der Waals surface area contributed by atoms with Gasteiger partial charge in [0.2, 0.25) is 0 Å². The Hall–Kier alpha value is -2.43. The molecular weight excluding hydrogens is 344 g/mol. The molecule has 0 spiro atoms. The zero-order valence-electron chi connectivity index (χ0n) is 17.1. The zero-order valence-corrected chi connectivity index (χ0v) is 17.1. The molecule has 0 atom stereocenters. The van der Waals surface area contributed by atoms with E-state index in [-0.39, 0.29) is 11.2 Å². The van der Waals surface area contributed by atoms with Gasteiger partial charge in [-0.1, -0.05) is 43.2 Å². The first-order valence-corrected chi connectivity index (χ1v) is 9.06. The first-order chi connectivity index (χ1) is 12.6. The molecule has 0 fully saturated rings. The van der Waals surface area contributed by atoms with Crippen LogP contribution in [0, 0.1) is 11.3 Å². The van der Waals surface area contributed by atoms with Crippen molar-refractivity contribution >= 4 is 17.7 Å². The Kier molecular flexibility index (Phi) is 8.41. The van der Waals surface area contributed by atoms with E-state index in [0.29, 0.717) is 5.57 Å². The highest BCUT2D eigenvalue weighted by Crippen LogP contribution is 2.40. The van der Waals surface area contributed by atoms with Crippen molar-refractivity contribution in [3.63, 3.8) is 0 Å². The summed E-state index contributed by atoms with van der Waals surface area (Å²) in [5.41, 5.74) is 3.21. The van der Waals surface area contributed by atoms with E-state index in [4.69, 9.17) is 0 Å². The topological polar surface area (TPSA) is 69.7 Å². The Labute approximate surface area is 161 Å². The summed E-state index contributed by atoms with van der Waals surface area (Å²) in [5, 5.41) is 0. The number of ketones is 1. The Morgan fingerprint density at radius 1 is 1.04 bits per heavy atom. The lowest BCUT2D eigenvalue weighted by atomic mass is 9.72. The second-order valence-electron chi connectivity index (χ2n) is 7.44. The van der Waals surface area contributed by atoms with Crippen LogP contribution in [0.3, 0.4) is 0 Å². The molecule has 0 saturated heterocycles. The fraction of sp³-hybridized carbons (Fsp3) is 0.500. The second-order valence-corrected chi connectivity index (χ2v) is 7.44. The summed E-state index contributed by atoms with van der Waals surface area (Å²) >= 11 is 0. The van der Waals surface area contributed by atoms with Crippen molar-refractivity contribution in [3.05, 3.63) is 47.1 Å². The highest BCUT2D eigenvalue weighted by Gasteiger charge is 2.27. The molecule has 0 N–H and O–H groups in total. The van der Waals surface area contributed by atoms with Crippen LogP contribution in [-0.2, 0) is 23.9 Å². The van der Waals surface area contributed by atoms with E-state index in [0.717, 1.165) is 12.8 Å². The van der Waals surface area contributed by atoms with Crippen molar-refractivity contribution < 1.29 is 23.9 Å². The standard InChI is InChI=1S/C22H30O5/c1-15(14-18(20(24)26-5)21(25)27-6)9-10-17(23)11-12-19-16(2)8-7-13-22(19,3)4/h9-12,14,18H,7-8,13H2,1-6H3/b10-9+,12-11+,15-14+. The Morgan fingerprint density at radius 3 is 2.15 bits per heavy atom. The Morgan fingerprint density at radius 2 is 1.63 bits per heavy atom. The maximum atomic E-state index is 12.2. The van der Waals surface area contributed by atoms with Crippen LogP contribution in [0.5, 0.6) is 0 Å². The van der Waals surface area contributed by atoms with E-state index in [1.807, 2.05) is 6.08 Å². The van der Waals surface area contributed by atoms with E-state index in [2.05, 4.69) is 30.2 Å². The molecule has 5 nitrogen and oxygen atoms in total. The van der Waals surface area contributed by atoms with Crippen LogP contribution in [0.25, 0.3) is 0 Å². The van der Waals surface area contributed by atoms with Crippen molar-refractivity contribution in [3.8, 4) is 0 Å². The molecule has 1 aliphatic rings. The summed E-state index contributed by atoms with van der Waals surface area (Å²) in [6, 6.07) is 0. The molecule has 27 heavy (non-hydrogen) atoms. The fourth-order valence-electron chi connectivity index (χ4n) is 3.25. The van der Waals surface area contributed by atoms with Gasteiger partial charge in [0.1, 0.15) is 0 Å². The van der Waals surface area contributed by atoms with Crippen LogP contribution in [0.2, 0.25) is 0 Å². The summed E-state index contributed by atoms with van der Waals surface area (Å²) in [5.74, 6) is -2.71. The molecule has 0 aromatic rings. The van der Waals surface area contributed by atoms with Crippen molar-refractivity contribution in [1.82, 2.24) is 0 Å². The first kappa shape index (κ1) is 22.6.